The quantitative estimate of drug-likeness (QED) is 0.774. The van der Waals surface area contributed by atoms with Crippen molar-refractivity contribution in [1.29, 1.82) is 0 Å². The van der Waals surface area contributed by atoms with Crippen LogP contribution in [0, 0.1) is 12.7 Å². The van der Waals surface area contributed by atoms with Crippen LogP contribution < -0.4 is 0 Å². The lowest BCUT2D eigenvalue weighted by Gasteiger charge is -2.05. The van der Waals surface area contributed by atoms with Gasteiger partial charge in [-0.3, -0.25) is 0 Å². The number of carbonyl (C=O) groups is 1. The Labute approximate surface area is 103 Å². The molecule has 18 heavy (non-hydrogen) atoms. The molecule has 0 amide bonds. The average molecular weight is 249 g/mol. The highest BCUT2D eigenvalue weighted by Crippen LogP contribution is 2.11. The molecule has 0 saturated heterocycles. The first-order valence-corrected chi connectivity index (χ1v) is 5.33. The maximum Gasteiger partial charge on any atom is 0.360 e. The summed E-state index contributed by atoms with van der Waals surface area (Å²) in [5, 5.41) is 7.47. The summed E-state index contributed by atoms with van der Waals surface area (Å²) in [5.74, 6) is -0.846. The van der Waals surface area contributed by atoms with Crippen molar-refractivity contribution in [2.45, 2.75) is 13.5 Å². The number of rotatable bonds is 3. The molecule has 0 atom stereocenters. The van der Waals surface area contributed by atoms with Gasteiger partial charge in [0, 0.05) is 0 Å². The van der Waals surface area contributed by atoms with Gasteiger partial charge in [-0.25, -0.2) is 13.9 Å². The number of esters is 1. The molecule has 0 bridgehead atoms. The van der Waals surface area contributed by atoms with Gasteiger partial charge in [-0.15, -0.1) is 5.10 Å². The third-order valence-corrected chi connectivity index (χ3v) is 2.58. The molecule has 0 N–H and O–H groups in total. The molecule has 0 spiro atoms. The number of ether oxygens (including phenoxy) is 1. The van der Waals surface area contributed by atoms with Crippen molar-refractivity contribution in [2.75, 3.05) is 7.11 Å². The second kappa shape index (κ2) is 4.95. The lowest BCUT2D eigenvalue weighted by atomic mass is 10.1. The number of benzene rings is 1. The predicted octanol–water partition coefficient (Wildman–Crippen LogP) is 1.56. The van der Waals surface area contributed by atoms with E-state index in [2.05, 4.69) is 15.0 Å². The molecule has 0 aliphatic heterocycles. The number of hydrogen-bond acceptors (Lipinski definition) is 4. The van der Waals surface area contributed by atoms with Gasteiger partial charge in [0.2, 0.25) is 0 Å². The number of carbonyl (C=O) groups excluding carboxylic acids is 1. The van der Waals surface area contributed by atoms with E-state index in [-0.39, 0.29) is 11.5 Å². The zero-order valence-corrected chi connectivity index (χ0v) is 10.1. The van der Waals surface area contributed by atoms with Gasteiger partial charge in [-0.2, -0.15) is 0 Å². The average Bonchev–Trinajstić information content (AvgIpc) is 2.81. The number of aromatic nitrogens is 3. The molecule has 1 aromatic carbocycles. The van der Waals surface area contributed by atoms with E-state index in [1.54, 1.807) is 6.07 Å². The highest BCUT2D eigenvalue weighted by Gasteiger charge is 2.11. The van der Waals surface area contributed by atoms with Crippen LogP contribution in [0.2, 0.25) is 0 Å². The van der Waals surface area contributed by atoms with E-state index in [0.717, 1.165) is 11.1 Å². The van der Waals surface area contributed by atoms with Crippen molar-refractivity contribution in [3.63, 3.8) is 0 Å². The van der Waals surface area contributed by atoms with Crippen LogP contribution in [-0.4, -0.2) is 28.1 Å². The van der Waals surface area contributed by atoms with Crippen molar-refractivity contribution in [2.24, 2.45) is 0 Å². The van der Waals surface area contributed by atoms with Gasteiger partial charge in [0.05, 0.1) is 19.9 Å². The zero-order valence-electron chi connectivity index (χ0n) is 10.1. The summed E-state index contributed by atoms with van der Waals surface area (Å²) in [4.78, 5) is 11.2. The Morgan fingerprint density at radius 3 is 3.00 bits per heavy atom. The van der Waals surface area contributed by atoms with Gasteiger partial charge in [-0.05, 0) is 30.2 Å². The number of halogens is 1. The first kappa shape index (κ1) is 12.2. The number of methoxy groups -OCH3 is 1. The summed E-state index contributed by atoms with van der Waals surface area (Å²) >= 11 is 0. The van der Waals surface area contributed by atoms with Gasteiger partial charge >= 0.3 is 5.97 Å². The van der Waals surface area contributed by atoms with Gasteiger partial charge in [-0.1, -0.05) is 11.3 Å². The second-order valence-electron chi connectivity index (χ2n) is 3.86. The minimum absolute atomic E-state index is 0.131. The Morgan fingerprint density at radius 2 is 2.28 bits per heavy atom. The maximum atomic E-state index is 13.1. The fraction of sp³-hybridized carbons (Fsp3) is 0.250. The molecule has 2 rings (SSSR count). The second-order valence-corrected chi connectivity index (χ2v) is 3.86. The summed E-state index contributed by atoms with van der Waals surface area (Å²) in [6.45, 7) is 2.24. The number of aryl methyl sites for hydroxylation is 1. The third kappa shape index (κ3) is 2.53. The molecule has 0 aliphatic rings. The Kier molecular flexibility index (Phi) is 3.36. The van der Waals surface area contributed by atoms with E-state index in [0.29, 0.717) is 6.54 Å². The minimum atomic E-state index is -0.544. The fourth-order valence-corrected chi connectivity index (χ4v) is 1.56. The van der Waals surface area contributed by atoms with E-state index in [1.165, 1.54) is 30.1 Å². The predicted molar refractivity (Wildman–Crippen MR) is 61.6 cm³/mol. The number of hydrogen-bond donors (Lipinski definition) is 0. The van der Waals surface area contributed by atoms with Crippen LogP contribution in [0.4, 0.5) is 4.39 Å². The summed E-state index contributed by atoms with van der Waals surface area (Å²) in [6, 6.07) is 4.54. The first-order chi connectivity index (χ1) is 8.60. The minimum Gasteiger partial charge on any atom is -0.464 e. The summed E-state index contributed by atoms with van der Waals surface area (Å²) in [5.41, 5.74) is 1.87. The highest BCUT2D eigenvalue weighted by molar-refractivity contribution is 5.86. The molecule has 6 heteroatoms. The van der Waals surface area contributed by atoms with Crippen LogP contribution >= 0.6 is 0 Å². The van der Waals surface area contributed by atoms with Crippen molar-refractivity contribution in [1.82, 2.24) is 15.0 Å². The van der Waals surface area contributed by atoms with Gasteiger partial charge in [0.15, 0.2) is 5.69 Å². The largest absolute Gasteiger partial charge is 0.464 e. The fourth-order valence-electron chi connectivity index (χ4n) is 1.56. The Hall–Kier alpha value is -2.24. The SMILES string of the molecule is COC(=O)c1cn(Cc2cc(F)ccc2C)nn1. The van der Waals surface area contributed by atoms with Crippen molar-refractivity contribution >= 4 is 5.97 Å². The Bertz CT molecular complexity index is 580. The number of nitrogens with zero attached hydrogens (tertiary/aromatic N) is 3. The Balaban J connectivity index is 2.21. The topological polar surface area (TPSA) is 57.0 Å². The van der Waals surface area contributed by atoms with Crippen molar-refractivity contribution < 1.29 is 13.9 Å². The monoisotopic (exact) mass is 249 g/mol. The molecule has 0 unspecified atom stereocenters. The molecule has 2 aromatic rings. The Morgan fingerprint density at radius 1 is 1.50 bits per heavy atom. The standard InChI is InChI=1S/C12H12FN3O2/c1-8-3-4-10(13)5-9(8)6-16-7-11(14-15-16)12(17)18-2/h3-5,7H,6H2,1-2H3. The highest BCUT2D eigenvalue weighted by atomic mass is 19.1. The molecular weight excluding hydrogens is 237 g/mol. The van der Waals surface area contributed by atoms with Crippen LogP contribution in [0.3, 0.4) is 0 Å². The van der Waals surface area contributed by atoms with E-state index in [9.17, 15) is 9.18 Å². The molecular formula is C12H12FN3O2. The molecule has 0 fully saturated rings. The lowest BCUT2D eigenvalue weighted by molar-refractivity contribution is 0.0594. The van der Waals surface area contributed by atoms with E-state index in [4.69, 9.17) is 0 Å². The zero-order chi connectivity index (χ0) is 13.1. The molecule has 0 aliphatic carbocycles. The van der Waals surface area contributed by atoms with Gasteiger partial charge in [0.25, 0.3) is 0 Å². The summed E-state index contributed by atoms with van der Waals surface area (Å²) < 4.78 is 19.1. The van der Waals surface area contributed by atoms with Crippen LogP contribution in [0.25, 0.3) is 0 Å². The smallest absolute Gasteiger partial charge is 0.360 e. The van der Waals surface area contributed by atoms with E-state index >= 15 is 0 Å². The third-order valence-electron chi connectivity index (χ3n) is 2.58. The normalized spacial score (nSPS) is 10.4. The van der Waals surface area contributed by atoms with Crippen LogP contribution in [0.5, 0.6) is 0 Å². The van der Waals surface area contributed by atoms with Crippen LogP contribution in [-0.2, 0) is 11.3 Å². The van der Waals surface area contributed by atoms with Gasteiger partial charge in [0.1, 0.15) is 5.82 Å². The lowest BCUT2D eigenvalue weighted by Crippen LogP contribution is -2.03. The molecule has 1 heterocycles. The van der Waals surface area contributed by atoms with Crippen LogP contribution in [0.1, 0.15) is 21.6 Å². The molecule has 94 valence electrons. The molecule has 0 radical (unpaired) electrons. The summed E-state index contributed by atoms with van der Waals surface area (Å²) in [7, 11) is 1.28. The molecule has 0 saturated carbocycles. The van der Waals surface area contributed by atoms with Crippen molar-refractivity contribution in [3.8, 4) is 0 Å². The summed E-state index contributed by atoms with van der Waals surface area (Å²) in [6.07, 6.45) is 1.47. The maximum absolute atomic E-state index is 13.1. The van der Waals surface area contributed by atoms with Gasteiger partial charge < -0.3 is 4.74 Å². The van der Waals surface area contributed by atoms with Crippen molar-refractivity contribution in [3.05, 3.63) is 47.0 Å². The molecule has 1 aromatic heterocycles. The van der Waals surface area contributed by atoms with Crippen LogP contribution in [0.15, 0.2) is 24.4 Å². The molecule has 5 nitrogen and oxygen atoms in total. The first-order valence-electron chi connectivity index (χ1n) is 5.33. The van der Waals surface area contributed by atoms with E-state index < -0.39 is 5.97 Å². The van der Waals surface area contributed by atoms with E-state index in [1.807, 2.05) is 6.92 Å².